The van der Waals surface area contributed by atoms with Gasteiger partial charge in [0.05, 0.1) is 0 Å². The molecule has 0 spiro atoms. The van der Waals surface area contributed by atoms with Crippen molar-refractivity contribution in [3.63, 3.8) is 0 Å². The van der Waals surface area contributed by atoms with Gasteiger partial charge in [0.2, 0.25) is 0 Å². The summed E-state index contributed by atoms with van der Waals surface area (Å²) in [5.41, 5.74) is 5.74. The summed E-state index contributed by atoms with van der Waals surface area (Å²) in [5, 5.41) is 3.65. The van der Waals surface area contributed by atoms with E-state index in [-0.39, 0.29) is 5.54 Å². The van der Waals surface area contributed by atoms with Gasteiger partial charge in [0, 0.05) is 5.54 Å². The van der Waals surface area contributed by atoms with Crippen molar-refractivity contribution in [2.75, 3.05) is 13.1 Å². The fourth-order valence-corrected chi connectivity index (χ4v) is 1.77. The summed E-state index contributed by atoms with van der Waals surface area (Å²) in [6.45, 7) is 11.2. The zero-order chi connectivity index (χ0) is 13.1. The minimum Gasteiger partial charge on any atom is -0.330 e. The Balaban J connectivity index is 3.24. The lowest BCUT2D eigenvalue weighted by Gasteiger charge is -2.30. The van der Waals surface area contributed by atoms with Crippen molar-refractivity contribution in [3.05, 3.63) is 0 Å². The first-order chi connectivity index (χ1) is 8.00. The molecule has 0 aliphatic rings. The van der Waals surface area contributed by atoms with Crippen LogP contribution in [0.4, 0.5) is 0 Å². The van der Waals surface area contributed by atoms with Gasteiger partial charge in [0.15, 0.2) is 0 Å². The third-order valence-electron chi connectivity index (χ3n) is 3.90. The van der Waals surface area contributed by atoms with Gasteiger partial charge in [-0.05, 0) is 45.7 Å². The molecule has 0 aliphatic carbocycles. The molecule has 0 saturated heterocycles. The molecule has 3 N–H and O–H groups in total. The molecule has 0 aromatic heterocycles. The second-order valence-electron chi connectivity index (χ2n) is 6.07. The highest BCUT2D eigenvalue weighted by Gasteiger charge is 2.20. The van der Waals surface area contributed by atoms with Crippen LogP contribution in [0.15, 0.2) is 0 Å². The fourth-order valence-electron chi connectivity index (χ4n) is 1.77. The topological polar surface area (TPSA) is 38.0 Å². The number of nitrogens with one attached hydrogen (secondary N) is 1. The highest BCUT2D eigenvalue weighted by Crippen LogP contribution is 2.15. The van der Waals surface area contributed by atoms with Crippen LogP contribution in [0.25, 0.3) is 0 Å². The molecule has 0 aliphatic heterocycles. The Morgan fingerprint density at radius 1 is 0.882 bits per heavy atom. The summed E-state index contributed by atoms with van der Waals surface area (Å²) < 4.78 is 0. The van der Waals surface area contributed by atoms with Crippen molar-refractivity contribution >= 4 is 0 Å². The molecule has 0 saturated carbocycles. The van der Waals surface area contributed by atoms with E-state index in [1.165, 1.54) is 44.9 Å². The summed E-state index contributed by atoms with van der Waals surface area (Å²) in [4.78, 5) is 0. The van der Waals surface area contributed by atoms with Gasteiger partial charge < -0.3 is 11.1 Å². The van der Waals surface area contributed by atoms with Crippen molar-refractivity contribution in [2.45, 2.75) is 78.2 Å². The average molecular weight is 242 g/mol. The minimum atomic E-state index is 0.279. The molecular weight excluding hydrogens is 208 g/mol. The smallest absolute Gasteiger partial charge is 0.0148 e. The zero-order valence-electron chi connectivity index (χ0n) is 12.5. The standard InChI is InChI=1S/C15H34N2/c1-14(2)15(3,4)17-13-11-9-7-5-6-8-10-12-16/h14,17H,5-13,16H2,1-4H3. The van der Waals surface area contributed by atoms with E-state index in [0.717, 1.165) is 13.1 Å². The van der Waals surface area contributed by atoms with E-state index in [1.54, 1.807) is 0 Å². The van der Waals surface area contributed by atoms with Crippen molar-refractivity contribution in [3.8, 4) is 0 Å². The van der Waals surface area contributed by atoms with Crippen LogP contribution in [0.1, 0.15) is 72.6 Å². The lowest BCUT2D eigenvalue weighted by Crippen LogP contribution is -2.44. The molecule has 104 valence electrons. The normalized spacial score (nSPS) is 12.4. The van der Waals surface area contributed by atoms with Gasteiger partial charge >= 0.3 is 0 Å². The molecule has 0 rings (SSSR count). The predicted octanol–water partition coefficient (Wildman–Crippen LogP) is 3.70. The first kappa shape index (κ1) is 16.9. The SMILES string of the molecule is CC(C)C(C)(C)NCCCCCCCCCN. The largest absolute Gasteiger partial charge is 0.330 e. The van der Waals surface area contributed by atoms with Crippen LogP contribution in [0.3, 0.4) is 0 Å². The molecule has 0 aromatic carbocycles. The van der Waals surface area contributed by atoms with Gasteiger partial charge in [-0.1, -0.05) is 46.0 Å². The Labute approximate surface area is 109 Å². The summed E-state index contributed by atoms with van der Waals surface area (Å²) in [6.07, 6.45) is 9.32. The number of hydrogen-bond acceptors (Lipinski definition) is 2. The van der Waals surface area contributed by atoms with Gasteiger partial charge in [-0.15, -0.1) is 0 Å². The number of rotatable bonds is 11. The van der Waals surface area contributed by atoms with Gasteiger partial charge in [-0.3, -0.25) is 0 Å². The van der Waals surface area contributed by atoms with Crippen molar-refractivity contribution in [1.29, 1.82) is 0 Å². The molecular formula is C15H34N2. The highest BCUT2D eigenvalue weighted by atomic mass is 15.0. The average Bonchev–Trinajstić information content (AvgIpc) is 2.26. The van der Waals surface area contributed by atoms with E-state index in [1.807, 2.05) is 0 Å². The summed E-state index contributed by atoms with van der Waals surface area (Å²) in [5.74, 6) is 0.693. The van der Waals surface area contributed by atoms with Crippen LogP contribution in [0.5, 0.6) is 0 Å². The van der Waals surface area contributed by atoms with Crippen molar-refractivity contribution in [2.24, 2.45) is 11.7 Å². The summed E-state index contributed by atoms with van der Waals surface area (Å²) >= 11 is 0. The van der Waals surface area contributed by atoms with Crippen LogP contribution < -0.4 is 11.1 Å². The monoisotopic (exact) mass is 242 g/mol. The molecule has 2 nitrogen and oxygen atoms in total. The predicted molar refractivity (Wildman–Crippen MR) is 78.3 cm³/mol. The number of unbranched alkanes of at least 4 members (excludes halogenated alkanes) is 6. The first-order valence-electron chi connectivity index (χ1n) is 7.46. The molecule has 17 heavy (non-hydrogen) atoms. The molecule has 0 bridgehead atoms. The maximum Gasteiger partial charge on any atom is 0.0148 e. The van der Waals surface area contributed by atoms with E-state index in [9.17, 15) is 0 Å². The van der Waals surface area contributed by atoms with Gasteiger partial charge in [0.25, 0.3) is 0 Å². The van der Waals surface area contributed by atoms with Crippen LogP contribution in [0, 0.1) is 5.92 Å². The van der Waals surface area contributed by atoms with Crippen molar-refractivity contribution in [1.82, 2.24) is 5.32 Å². The third kappa shape index (κ3) is 9.61. The summed E-state index contributed by atoms with van der Waals surface area (Å²) in [7, 11) is 0. The Morgan fingerprint density at radius 3 is 1.82 bits per heavy atom. The van der Waals surface area contributed by atoms with Crippen LogP contribution >= 0.6 is 0 Å². The lowest BCUT2D eigenvalue weighted by molar-refractivity contribution is 0.286. The quantitative estimate of drug-likeness (QED) is 0.542. The van der Waals surface area contributed by atoms with E-state index < -0.39 is 0 Å². The summed E-state index contributed by atoms with van der Waals surface area (Å²) in [6, 6.07) is 0. The molecule has 0 heterocycles. The van der Waals surface area contributed by atoms with Crippen LogP contribution in [-0.2, 0) is 0 Å². The third-order valence-corrected chi connectivity index (χ3v) is 3.90. The Morgan fingerprint density at radius 2 is 1.35 bits per heavy atom. The molecule has 0 atom stereocenters. The second-order valence-corrected chi connectivity index (χ2v) is 6.07. The van der Waals surface area contributed by atoms with Gasteiger partial charge in [0.1, 0.15) is 0 Å². The number of hydrogen-bond donors (Lipinski definition) is 2. The zero-order valence-corrected chi connectivity index (χ0v) is 12.5. The van der Waals surface area contributed by atoms with E-state index in [4.69, 9.17) is 5.73 Å². The maximum absolute atomic E-state index is 5.47. The Hall–Kier alpha value is -0.0800. The van der Waals surface area contributed by atoms with Crippen LogP contribution in [-0.4, -0.2) is 18.6 Å². The molecule has 0 fully saturated rings. The lowest BCUT2D eigenvalue weighted by atomic mass is 9.90. The number of nitrogens with two attached hydrogens (primary N) is 1. The maximum atomic E-state index is 5.47. The van der Waals surface area contributed by atoms with Crippen LogP contribution in [0.2, 0.25) is 0 Å². The first-order valence-corrected chi connectivity index (χ1v) is 7.46. The molecule has 0 radical (unpaired) electrons. The fraction of sp³-hybridized carbons (Fsp3) is 1.00. The Kier molecular flexibility index (Phi) is 9.85. The second kappa shape index (κ2) is 9.90. The molecule has 2 heteroatoms. The minimum absolute atomic E-state index is 0.279. The Bertz CT molecular complexity index is 164. The van der Waals surface area contributed by atoms with Crippen molar-refractivity contribution < 1.29 is 0 Å². The van der Waals surface area contributed by atoms with Gasteiger partial charge in [-0.2, -0.15) is 0 Å². The van der Waals surface area contributed by atoms with E-state index in [2.05, 4.69) is 33.0 Å². The van der Waals surface area contributed by atoms with Gasteiger partial charge in [-0.25, -0.2) is 0 Å². The molecule has 0 unspecified atom stereocenters. The van der Waals surface area contributed by atoms with E-state index in [0.29, 0.717) is 5.92 Å². The highest BCUT2D eigenvalue weighted by molar-refractivity contribution is 4.80. The molecule has 0 amide bonds. The van der Waals surface area contributed by atoms with E-state index >= 15 is 0 Å². The molecule has 0 aromatic rings.